The van der Waals surface area contributed by atoms with Gasteiger partial charge in [0.05, 0.1) is 34.9 Å². The number of benzene rings is 1. The number of hydrogen-bond donors (Lipinski definition) is 1. The van der Waals surface area contributed by atoms with Crippen molar-refractivity contribution in [2.75, 3.05) is 11.1 Å². The van der Waals surface area contributed by atoms with Crippen molar-refractivity contribution >= 4 is 15.5 Å². The van der Waals surface area contributed by atoms with Gasteiger partial charge in [-0.15, -0.1) is 0 Å². The Hall–Kier alpha value is -1.54. The van der Waals surface area contributed by atoms with Gasteiger partial charge in [0.1, 0.15) is 0 Å². The van der Waals surface area contributed by atoms with E-state index in [2.05, 4.69) is 5.32 Å². The third kappa shape index (κ3) is 1.81. The standard InChI is InChI=1S/C10H10N2O2S/c11-6-5-8-7-15(13,14)10-4-2-1-3-9(10)12-8/h1-4,8,12H,5,7H2. The highest BCUT2D eigenvalue weighted by Crippen LogP contribution is 2.28. The van der Waals surface area contributed by atoms with Crippen molar-refractivity contribution < 1.29 is 8.42 Å². The molecule has 0 aromatic heterocycles. The van der Waals surface area contributed by atoms with Crippen molar-refractivity contribution in [1.29, 1.82) is 5.26 Å². The third-order valence-corrected chi connectivity index (χ3v) is 4.21. The molecule has 0 fully saturated rings. The van der Waals surface area contributed by atoms with Gasteiger partial charge in [-0.2, -0.15) is 5.26 Å². The van der Waals surface area contributed by atoms with Crippen LogP contribution in [0.15, 0.2) is 29.2 Å². The predicted molar refractivity (Wildman–Crippen MR) is 56.1 cm³/mol. The van der Waals surface area contributed by atoms with E-state index in [1.165, 1.54) is 0 Å². The molecule has 0 saturated heterocycles. The highest BCUT2D eigenvalue weighted by Gasteiger charge is 2.29. The number of fused-ring (bicyclic) bond motifs is 1. The third-order valence-electron chi connectivity index (χ3n) is 2.34. The molecule has 1 aliphatic heterocycles. The first kappa shape index (κ1) is 9.99. The molecule has 1 aromatic carbocycles. The van der Waals surface area contributed by atoms with Crippen LogP contribution in [0.25, 0.3) is 0 Å². The van der Waals surface area contributed by atoms with Crippen LogP contribution in [0.3, 0.4) is 0 Å². The maximum absolute atomic E-state index is 11.8. The summed E-state index contributed by atoms with van der Waals surface area (Å²) in [5, 5.41) is 11.6. The normalized spacial score (nSPS) is 22.2. The van der Waals surface area contributed by atoms with Crippen LogP contribution in [0.2, 0.25) is 0 Å². The summed E-state index contributed by atoms with van der Waals surface area (Å²) < 4.78 is 23.6. The van der Waals surface area contributed by atoms with Gasteiger partial charge in [-0.05, 0) is 12.1 Å². The van der Waals surface area contributed by atoms with E-state index in [0.29, 0.717) is 10.6 Å². The molecule has 15 heavy (non-hydrogen) atoms. The molecule has 1 unspecified atom stereocenters. The van der Waals surface area contributed by atoms with Gasteiger partial charge in [-0.25, -0.2) is 8.42 Å². The summed E-state index contributed by atoms with van der Waals surface area (Å²) in [5.41, 5.74) is 0.601. The van der Waals surface area contributed by atoms with Crippen molar-refractivity contribution in [3.8, 4) is 6.07 Å². The van der Waals surface area contributed by atoms with Crippen LogP contribution in [-0.4, -0.2) is 20.2 Å². The lowest BCUT2D eigenvalue weighted by molar-refractivity contribution is 0.586. The summed E-state index contributed by atoms with van der Waals surface area (Å²) in [4.78, 5) is 0.333. The average molecular weight is 222 g/mol. The number of nitriles is 1. The summed E-state index contributed by atoms with van der Waals surface area (Å²) >= 11 is 0. The quantitative estimate of drug-likeness (QED) is 0.774. The van der Waals surface area contributed by atoms with E-state index in [-0.39, 0.29) is 18.2 Å². The number of nitrogens with zero attached hydrogens (tertiary/aromatic N) is 1. The Morgan fingerprint density at radius 3 is 2.93 bits per heavy atom. The predicted octanol–water partition coefficient (Wildman–Crippen LogP) is 1.17. The highest BCUT2D eigenvalue weighted by atomic mass is 32.2. The number of anilines is 1. The zero-order valence-electron chi connectivity index (χ0n) is 7.97. The first-order chi connectivity index (χ1) is 7.13. The van der Waals surface area contributed by atoms with E-state index in [1.54, 1.807) is 24.3 Å². The topological polar surface area (TPSA) is 70.0 Å². The van der Waals surface area contributed by atoms with E-state index >= 15 is 0 Å². The zero-order valence-corrected chi connectivity index (χ0v) is 8.79. The zero-order chi connectivity index (χ0) is 10.9. The van der Waals surface area contributed by atoms with E-state index in [9.17, 15) is 8.42 Å². The summed E-state index contributed by atoms with van der Waals surface area (Å²) in [5.74, 6) is -0.00241. The van der Waals surface area contributed by atoms with Crippen molar-refractivity contribution in [2.45, 2.75) is 17.4 Å². The monoisotopic (exact) mass is 222 g/mol. The van der Waals surface area contributed by atoms with Gasteiger partial charge >= 0.3 is 0 Å². The fourth-order valence-corrected chi connectivity index (χ4v) is 3.35. The second-order valence-corrected chi connectivity index (χ2v) is 5.48. The lowest BCUT2D eigenvalue weighted by Crippen LogP contribution is -2.33. The van der Waals surface area contributed by atoms with Gasteiger partial charge in [0, 0.05) is 0 Å². The van der Waals surface area contributed by atoms with Crippen molar-refractivity contribution in [3.63, 3.8) is 0 Å². The van der Waals surface area contributed by atoms with E-state index in [0.717, 1.165) is 0 Å². The van der Waals surface area contributed by atoms with Crippen LogP contribution < -0.4 is 5.32 Å². The summed E-state index contributed by atoms with van der Waals surface area (Å²) in [7, 11) is -3.23. The molecule has 5 heteroatoms. The minimum atomic E-state index is -3.23. The molecule has 0 amide bonds. The Morgan fingerprint density at radius 1 is 1.47 bits per heavy atom. The lowest BCUT2D eigenvalue weighted by Gasteiger charge is -2.24. The van der Waals surface area contributed by atoms with Crippen molar-refractivity contribution in [2.24, 2.45) is 0 Å². The summed E-state index contributed by atoms with van der Waals surface area (Å²) in [6.07, 6.45) is 0.202. The summed E-state index contributed by atoms with van der Waals surface area (Å²) in [6, 6.07) is 8.46. The van der Waals surface area contributed by atoms with Crippen LogP contribution in [0.4, 0.5) is 5.69 Å². The molecule has 0 saturated carbocycles. The van der Waals surface area contributed by atoms with E-state index in [1.807, 2.05) is 6.07 Å². The van der Waals surface area contributed by atoms with Crippen LogP contribution in [0.1, 0.15) is 6.42 Å². The van der Waals surface area contributed by atoms with Crippen LogP contribution in [0.5, 0.6) is 0 Å². The number of para-hydroxylation sites is 1. The molecule has 1 N–H and O–H groups in total. The van der Waals surface area contributed by atoms with Gasteiger partial charge in [0.2, 0.25) is 0 Å². The Balaban J connectivity index is 2.45. The molecular weight excluding hydrogens is 212 g/mol. The van der Waals surface area contributed by atoms with Gasteiger partial charge in [-0.3, -0.25) is 0 Å². The number of rotatable bonds is 1. The molecule has 0 spiro atoms. The Morgan fingerprint density at radius 2 is 2.20 bits per heavy atom. The number of sulfone groups is 1. The maximum atomic E-state index is 11.8. The van der Waals surface area contributed by atoms with Crippen LogP contribution >= 0.6 is 0 Å². The van der Waals surface area contributed by atoms with E-state index < -0.39 is 9.84 Å². The molecule has 0 aliphatic carbocycles. The molecule has 1 aliphatic rings. The van der Waals surface area contributed by atoms with Gasteiger partial charge < -0.3 is 5.32 Å². The highest BCUT2D eigenvalue weighted by molar-refractivity contribution is 7.91. The summed E-state index contributed by atoms with van der Waals surface area (Å²) in [6.45, 7) is 0. The lowest BCUT2D eigenvalue weighted by atomic mass is 10.2. The minimum absolute atomic E-state index is 0.00241. The molecule has 78 valence electrons. The Labute approximate surface area is 88.5 Å². The van der Waals surface area contributed by atoms with Crippen LogP contribution in [0, 0.1) is 11.3 Å². The first-order valence-electron chi connectivity index (χ1n) is 4.59. The van der Waals surface area contributed by atoms with Gasteiger partial charge in [0.15, 0.2) is 9.84 Å². The molecule has 2 rings (SSSR count). The van der Waals surface area contributed by atoms with Gasteiger partial charge in [-0.1, -0.05) is 12.1 Å². The van der Waals surface area contributed by atoms with Crippen molar-refractivity contribution in [3.05, 3.63) is 24.3 Å². The molecule has 1 atom stereocenters. The number of hydrogen-bond acceptors (Lipinski definition) is 4. The molecule has 4 nitrogen and oxygen atoms in total. The second kappa shape index (κ2) is 3.55. The smallest absolute Gasteiger partial charge is 0.182 e. The maximum Gasteiger partial charge on any atom is 0.182 e. The molecule has 1 heterocycles. The SMILES string of the molecule is N#CCC1CS(=O)(=O)c2ccccc2N1. The second-order valence-electron chi connectivity index (χ2n) is 3.48. The fourth-order valence-electron chi connectivity index (χ4n) is 1.69. The van der Waals surface area contributed by atoms with Crippen molar-refractivity contribution in [1.82, 2.24) is 0 Å². The molecule has 0 bridgehead atoms. The Bertz CT molecular complexity index is 516. The average Bonchev–Trinajstić information content (AvgIpc) is 2.17. The first-order valence-corrected chi connectivity index (χ1v) is 6.24. The molecule has 1 aromatic rings. The Kier molecular flexibility index (Phi) is 2.37. The minimum Gasteiger partial charge on any atom is -0.379 e. The molecular formula is C10H10N2O2S. The number of nitrogens with one attached hydrogen (secondary N) is 1. The fraction of sp³-hybridized carbons (Fsp3) is 0.300. The van der Waals surface area contributed by atoms with Gasteiger partial charge in [0.25, 0.3) is 0 Å². The largest absolute Gasteiger partial charge is 0.379 e. The molecule has 0 radical (unpaired) electrons. The van der Waals surface area contributed by atoms with Crippen LogP contribution in [-0.2, 0) is 9.84 Å². The van der Waals surface area contributed by atoms with E-state index in [4.69, 9.17) is 5.26 Å².